The summed E-state index contributed by atoms with van der Waals surface area (Å²) in [4.78, 5) is 15.7. The lowest BCUT2D eigenvalue weighted by Gasteiger charge is -2.17. The van der Waals surface area contributed by atoms with Crippen molar-refractivity contribution in [2.24, 2.45) is 4.99 Å². The minimum atomic E-state index is -1.03. The molecule has 4 nitrogen and oxygen atoms in total. The number of fused-ring (bicyclic) bond motifs is 1. The first kappa shape index (κ1) is 11.0. The summed E-state index contributed by atoms with van der Waals surface area (Å²) in [5, 5.41) is 18.7. The topological polar surface area (TPSA) is 69.9 Å². The number of carboxylic acid groups (broad SMARTS) is 1. The highest BCUT2D eigenvalue weighted by atomic mass is 32.2. The second-order valence-corrected chi connectivity index (χ2v) is 4.67. The fraction of sp³-hybridized carbons (Fsp3) is 0.273. The van der Waals surface area contributed by atoms with Crippen LogP contribution < -0.4 is 0 Å². The lowest BCUT2D eigenvalue weighted by atomic mass is 10.1. The van der Waals surface area contributed by atoms with Gasteiger partial charge in [-0.15, -0.1) is 11.8 Å². The van der Waals surface area contributed by atoms with Gasteiger partial charge in [0.1, 0.15) is 17.1 Å². The Morgan fingerprint density at radius 2 is 2.12 bits per heavy atom. The minimum absolute atomic E-state index is 0.0755. The lowest BCUT2D eigenvalue weighted by Crippen LogP contribution is -2.17. The van der Waals surface area contributed by atoms with E-state index in [9.17, 15) is 9.90 Å². The third-order valence-corrected chi connectivity index (χ3v) is 3.67. The maximum Gasteiger partial charge on any atom is 0.351 e. The number of benzene rings is 1. The molecule has 0 atom stereocenters. The Labute approximate surface area is 97.0 Å². The SMILES string of the molecule is Cc1cc(C)c2c(c1O)N=C(C(=O)O)CS2. The van der Waals surface area contributed by atoms with Crippen LogP contribution in [0.5, 0.6) is 5.75 Å². The van der Waals surface area contributed by atoms with Crippen molar-refractivity contribution >= 4 is 29.1 Å². The van der Waals surface area contributed by atoms with Crippen LogP contribution in [-0.4, -0.2) is 27.6 Å². The Morgan fingerprint density at radius 1 is 1.44 bits per heavy atom. The molecular weight excluding hydrogens is 226 g/mol. The Kier molecular flexibility index (Phi) is 2.63. The second kappa shape index (κ2) is 3.83. The highest BCUT2D eigenvalue weighted by Crippen LogP contribution is 2.44. The van der Waals surface area contributed by atoms with Crippen molar-refractivity contribution < 1.29 is 15.0 Å². The molecule has 0 bridgehead atoms. The molecule has 0 saturated carbocycles. The van der Waals surface area contributed by atoms with E-state index in [4.69, 9.17) is 5.11 Å². The van der Waals surface area contributed by atoms with Crippen molar-refractivity contribution in [3.63, 3.8) is 0 Å². The van der Waals surface area contributed by atoms with E-state index < -0.39 is 5.97 Å². The quantitative estimate of drug-likeness (QED) is 0.786. The maximum absolute atomic E-state index is 10.8. The number of aliphatic carboxylic acids is 1. The molecule has 0 aromatic heterocycles. The molecule has 0 fully saturated rings. The fourth-order valence-corrected chi connectivity index (χ4v) is 2.68. The van der Waals surface area contributed by atoms with Gasteiger partial charge in [0.15, 0.2) is 0 Å². The van der Waals surface area contributed by atoms with Crippen molar-refractivity contribution in [1.82, 2.24) is 0 Å². The van der Waals surface area contributed by atoms with Gasteiger partial charge in [-0.2, -0.15) is 0 Å². The van der Waals surface area contributed by atoms with Gasteiger partial charge in [-0.05, 0) is 25.0 Å². The van der Waals surface area contributed by atoms with Gasteiger partial charge in [0, 0.05) is 10.6 Å². The van der Waals surface area contributed by atoms with Crippen LogP contribution in [0.1, 0.15) is 11.1 Å². The largest absolute Gasteiger partial charge is 0.505 e. The van der Waals surface area contributed by atoms with Crippen LogP contribution in [-0.2, 0) is 4.79 Å². The van der Waals surface area contributed by atoms with Gasteiger partial charge < -0.3 is 10.2 Å². The summed E-state index contributed by atoms with van der Waals surface area (Å²) in [6.07, 6.45) is 0. The van der Waals surface area contributed by atoms with Crippen molar-refractivity contribution in [2.75, 3.05) is 5.75 Å². The number of aryl methyl sites for hydroxylation is 2. The first-order chi connectivity index (χ1) is 7.50. The van der Waals surface area contributed by atoms with Gasteiger partial charge in [0.25, 0.3) is 0 Å². The number of carboxylic acids is 1. The molecule has 0 aliphatic carbocycles. The van der Waals surface area contributed by atoms with Crippen molar-refractivity contribution in [3.8, 4) is 5.75 Å². The third kappa shape index (κ3) is 1.67. The normalized spacial score (nSPS) is 14.2. The monoisotopic (exact) mass is 237 g/mol. The number of hydrogen-bond acceptors (Lipinski definition) is 4. The predicted molar refractivity (Wildman–Crippen MR) is 63.0 cm³/mol. The molecule has 0 radical (unpaired) electrons. The average Bonchev–Trinajstić information content (AvgIpc) is 2.25. The van der Waals surface area contributed by atoms with E-state index in [1.165, 1.54) is 11.8 Å². The molecular formula is C11H11NO3S. The molecule has 0 spiro atoms. The molecule has 1 aliphatic heterocycles. The number of hydrogen-bond donors (Lipinski definition) is 2. The minimum Gasteiger partial charge on any atom is -0.505 e. The number of phenols is 1. The number of nitrogens with zero attached hydrogens (tertiary/aromatic N) is 1. The van der Waals surface area contributed by atoms with Crippen LogP contribution in [0.2, 0.25) is 0 Å². The molecule has 0 unspecified atom stereocenters. The number of rotatable bonds is 1. The van der Waals surface area contributed by atoms with Crippen LogP contribution >= 0.6 is 11.8 Å². The summed E-state index contributed by atoms with van der Waals surface area (Å²) >= 11 is 1.40. The predicted octanol–water partition coefficient (Wildman–Crippen LogP) is 2.27. The fourth-order valence-electron chi connectivity index (χ4n) is 1.64. The van der Waals surface area contributed by atoms with Gasteiger partial charge >= 0.3 is 5.97 Å². The van der Waals surface area contributed by atoms with E-state index >= 15 is 0 Å². The zero-order chi connectivity index (χ0) is 11.9. The molecule has 2 N–H and O–H groups in total. The molecule has 1 aliphatic rings. The highest BCUT2D eigenvalue weighted by Gasteiger charge is 2.22. The van der Waals surface area contributed by atoms with Crippen LogP contribution in [0.3, 0.4) is 0 Å². The van der Waals surface area contributed by atoms with E-state index in [2.05, 4.69) is 4.99 Å². The zero-order valence-electron chi connectivity index (χ0n) is 8.94. The van der Waals surface area contributed by atoms with Gasteiger partial charge in [0.05, 0.1) is 0 Å². The summed E-state index contributed by atoms with van der Waals surface area (Å²) in [5.41, 5.74) is 2.21. The van der Waals surface area contributed by atoms with E-state index in [-0.39, 0.29) is 11.5 Å². The third-order valence-electron chi connectivity index (χ3n) is 2.45. The number of phenolic OH excluding ortho intramolecular Hbond substituents is 1. The molecule has 1 aromatic carbocycles. The van der Waals surface area contributed by atoms with Crippen LogP contribution in [0.15, 0.2) is 16.0 Å². The molecule has 84 valence electrons. The zero-order valence-corrected chi connectivity index (χ0v) is 9.76. The molecule has 1 heterocycles. The number of aromatic hydroxyl groups is 1. The number of carbonyl (C=O) groups is 1. The summed E-state index contributed by atoms with van der Waals surface area (Å²) in [6, 6.07) is 1.88. The molecule has 16 heavy (non-hydrogen) atoms. The number of aliphatic imine (C=N–C) groups is 1. The second-order valence-electron chi connectivity index (χ2n) is 3.69. The highest BCUT2D eigenvalue weighted by molar-refractivity contribution is 8.00. The van der Waals surface area contributed by atoms with Crippen LogP contribution in [0.4, 0.5) is 5.69 Å². The summed E-state index contributed by atoms with van der Waals surface area (Å²) in [5.74, 6) is -0.616. The van der Waals surface area contributed by atoms with Gasteiger partial charge in [-0.25, -0.2) is 9.79 Å². The van der Waals surface area contributed by atoms with Crippen LogP contribution in [0, 0.1) is 13.8 Å². The smallest absolute Gasteiger partial charge is 0.351 e. The molecule has 0 saturated heterocycles. The molecule has 1 aromatic rings. The Balaban J connectivity index is 2.65. The van der Waals surface area contributed by atoms with Gasteiger partial charge in [0.2, 0.25) is 0 Å². The van der Waals surface area contributed by atoms with Crippen molar-refractivity contribution in [2.45, 2.75) is 18.7 Å². The van der Waals surface area contributed by atoms with Crippen LogP contribution in [0.25, 0.3) is 0 Å². The standard InChI is InChI=1S/C11H11NO3S/c1-5-3-6(2)10-8(9(5)13)12-7(4-16-10)11(14)15/h3,13H,4H2,1-2H3,(H,14,15). The summed E-state index contributed by atoms with van der Waals surface area (Å²) in [6.45, 7) is 3.71. The maximum atomic E-state index is 10.8. The Bertz CT molecular complexity index is 508. The van der Waals surface area contributed by atoms with E-state index in [1.54, 1.807) is 6.92 Å². The van der Waals surface area contributed by atoms with Gasteiger partial charge in [-0.3, -0.25) is 0 Å². The average molecular weight is 237 g/mol. The summed E-state index contributed by atoms with van der Waals surface area (Å²) in [7, 11) is 0. The Hall–Kier alpha value is -1.49. The molecule has 5 heteroatoms. The van der Waals surface area contributed by atoms with Crippen molar-refractivity contribution in [3.05, 3.63) is 17.2 Å². The van der Waals surface area contributed by atoms with Gasteiger partial charge in [-0.1, -0.05) is 6.07 Å². The molecule has 0 amide bonds. The lowest BCUT2D eigenvalue weighted by molar-refractivity contribution is -0.129. The first-order valence-corrected chi connectivity index (χ1v) is 5.76. The first-order valence-electron chi connectivity index (χ1n) is 4.77. The van der Waals surface area contributed by atoms with E-state index in [0.29, 0.717) is 17.0 Å². The van der Waals surface area contributed by atoms with Crippen molar-refractivity contribution in [1.29, 1.82) is 0 Å². The number of thioether (sulfide) groups is 1. The molecule has 2 rings (SSSR count). The summed E-state index contributed by atoms with van der Waals surface area (Å²) < 4.78 is 0. The van der Waals surface area contributed by atoms with E-state index in [0.717, 1.165) is 10.5 Å². The van der Waals surface area contributed by atoms with E-state index in [1.807, 2.05) is 13.0 Å². The Morgan fingerprint density at radius 3 is 2.75 bits per heavy atom.